The van der Waals surface area contributed by atoms with Crippen LogP contribution >= 0.6 is 0 Å². The first-order valence-corrected chi connectivity index (χ1v) is 6.30. The highest BCUT2D eigenvalue weighted by molar-refractivity contribution is 5.94. The van der Waals surface area contributed by atoms with Crippen molar-refractivity contribution in [1.29, 1.82) is 0 Å². The molecule has 0 radical (unpaired) electrons. The van der Waals surface area contributed by atoms with Gasteiger partial charge in [0.25, 0.3) is 5.91 Å². The molecule has 0 fully saturated rings. The molecule has 0 spiro atoms. The molecule has 1 aromatic rings. The van der Waals surface area contributed by atoms with E-state index in [1.54, 1.807) is 0 Å². The molecule has 1 rings (SSSR count). The van der Waals surface area contributed by atoms with Gasteiger partial charge < -0.3 is 11.1 Å². The number of amides is 1. The predicted molar refractivity (Wildman–Crippen MR) is 70.8 cm³/mol. The zero-order valence-electron chi connectivity index (χ0n) is 11.3. The lowest BCUT2D eigenvalue weighted by molar-refractivity contribution is 0.0926. The molecule has 0 atom stereocenters. The van der Waals surface area contributed by atoms with Crippen LogP contribution in [0, 0.1) is 17.0 Å². The van der Waals surface area contributed by atoms with Crippen LogP contribution < -0.4 is 11.1 Å². The first-order chi connectivity index (χ1) is 8.87. The van der Waals surface area contributed by atoms with Crippen LogP contribution in [0.15, 0.2) is 18.2 Å². The third kappa shape index (κ3) is 4.59. The lowest BCUT2D eigenvalue weighted by Gasteiger charge is -2.24. The van der Waals surface area contributed by atoms with Crippen molar-refractivity contribution in [3.05, 3.63) is 35.4 Å². The van der Waals surface area contributed by atoms with Gasteiger partial charge in [-0.05, 0) is 36.9 Å². The maximum Gasteiger partial charge on any atom is 0.257 e. The van der Waals surface area contributed by atoms with Crippen LogP contribution in [-0.4, -0.2) is 19.0 Å². The van der Waals surface area contributed by atoms with E-state index in [9.17, 15) is 13.6 Å². The van der Waals surface area contributed by atoms with Crippen molar-refractivity contribution in [3.63, 3.8) is 0 Å². The lowest BCUT2D eigenvalue weighted by Crippen LogP contribution is -2.35. The Labute approximate surface area is 112 Å². The van der Waals surface area contributed by atoms with Crippen molar-refractivity contribution < 1.29 is 13.6 Å². The minimum absolute atomic E-state index is 0.156. The van der Waals surface area contributed by atoms with Crippen LogP contribution in [0.1, 0.15) is 37.0 Å². The molecule has 0 bridgehead atoms. The number of halogens is 2. The average molecular weight is 270 g/mol. The molecule has 5 heteroatoms. The number of hydrogen-bond donors (Lipinski definition) is 2. The Morgan fingerprint density at radius 1 is 1.32 bits per heavy atom. The first kappa shape index (κ1) is 15.6. The predicted octanol–water partition coefficient (Wildman–Crippen LogP) is 2.46. The van der Waals surface area contributed by atoms with Crippen LogP contribution in [0.4, 0.5) is 8.78 Å². The quantitative estimate of drug-likeness (QED) is 0.834. The van der Waals surface area contributed by atoms with Crippen molar-refractivity contribution in [2.24, 2.45) is 11.1 Å². The first-order valence-electron chi connectivity index (χ1n) is 6.30. The molecule has 0 aliphatic carbocycles. The van der Waals surface area contributed by atoms with Gasteiger partial charge in [-0.2, -0.15) is 0 Å². The number of rotatable bonds is 6. The number of hydrogen-bond acceptors (Lipinski definition) is 2. The van der Waals surface area contributed by atoms with Gasteiger partial charge in [0.05, 0.1) is 0 Å². The van der Waals surface area contributed by atoms with Gasteiger partial charge in [-0.25, -0.2) is 8.78 Å². The summed E-state index contributed by atoms with van der Waals surface area (Å²) >= 11 is 0. The van der Waals surface area contributed by atoms with Crippen LogP contribution in [0.3, 0.4) is 0 Å². The fourth-order valence-electron chi connectivity index (χ4n) is 1.79. The monoisotopic (exact) mass is 270 g/mol. The van der Waals surface area contributed by atoms with E-state index in [1.807, 2.05) is 13.8 Å². The Kier molecular flexibility index (Phi) is 5.42. The fraction of sp³-hybridized carbons (Fsp3) is 0.500. The normalized spacial score (nSPS) is 11.4. The van der Waals surface area contributed by atoms with Crippen molar-refractivity contribution >= 4 is 5.91 Å². The summed E-state index contributed by atoms with van der Waals surface area (Å²) in [4.78, 5) is 11.8. The van der Waals surface area contributed by atoms with Gasteiger partial charge in [0, 0.05) is 6.54 Å². The molecule has 0 heterocycles. The Morgan fingerprint density at radius 2 is 1.89 bits per heavy atom. The summed E-state index contributed by atoms with van der Waals surface area (Å²) in [5.74, 6) is -2.43. The van der Waals surface area contributed by atoms with Crippen LogP contribution in [0.2, 0.25) is 0 Å². The Balaban J connectivity index is 2.66. The number of carbonyl (C=O) groups excluding carboxylic acids is 1. The molecule has 106 valence electrons. The van der Waals surface area contributed by atoms with Crippen LogP contribution in [-0.2, 0) is 0 Å². The van der Waals surface area contributed by atoms with Gasteiger partial charge in [-0.3, -0.25) is 4.79 Å². The summed E-state index contributed by atoms with van der Waals surface area (Å²) in [6.07, 6.45) is 1.68. The molecular formula is C14H20F2N2O. The topological polar surface area (TPSA) is 55.1 Å². The zero-order valence-corrected chi connectivity index (χ0v) is 11.3. The summed E-state index contributed by atoms with van der Waals surface area (Å²) in [6.45, 7) is 4.88. The van der Waals surface area contributed by atoms with Gasteiger partial charge in [0.15, 0.2) is 0 Å². The largest absolute Gasteiger partial charge is 0.351 e. The number of nitrogens with two attached hydrogens (primary N) is 1. The van der Waals surface area contributed by atoms with Crippen LogP contribution in [0.5, 0.6) is 0 Å². The van der Waals surface area contributed by atoms with Crippen molar-refractivity contribution in [2.45, 2.75) is 26.7 Å². The van der Waals surface area contributed by atoms with E-state index >= 15 is 0 Å². The second-order valence-electron chi connectivity index (χ2n) is 5.34. The molecule has 1 aromatic carbocycles. The molecule has 0 unspecified atom stereocenters. The smallest absolute Gasteiger partial charge is 0.257 e. The molecule has 0 aromatic heterocycles. The lowest BCUT2D eigenvalue weighted by atomic mass is 9.87. The molecule has 19 heavy (non-hydrogen) atoms. The third-order valence-corrected chi connectivity index (χ3v) is 2.98. The molecular weight excluding hydrogens is 250 g/mol. The molecule has 0 aliphatic heterocycles. The molecule has 3 N–H and O–H groups in total. The minimum Gasteiger partial charge on any atom is -0.351 e. The number of nitrogens with one attached hydrogen (secondary N) is 1. The van der Waals surface area contributed by atoms with Gasteiger partial charge in [0.1, 0.15) is 17.2 Å². The number of carbonyl (C=O) groups is 1. The van der Waals surface area contributed by atoms with E-state index in [4.69, 9.17) is 5.73 Å². The summed E-state index contributed by atoms with van der Waals surface area (Å²) in [7, 11) is 0. The van der Waals surface area contributed by atoms with Crippen molar-refractivity contribution in [2.75, 3.05) is 13.1 Å². The van der Waals surface area contributed by atoms with Gasteiger partial charge in [-0.1, -0.05) is 19.9 Å². The Morgan fingerprint density at radius 3 is 2.42 bits per heavy atom. The number of benzene rings is 1. The van der Waals surface area contributed by atoms with Crippen LogP contribution in [0.25, 0.3) is 0 Å². The average Bonchev–Trinajstić information content (AvgIpc) is 2.34. The standard InChI is InChI=1S/C14H20F2N2O/c1-14(2,7-4-8-17)9-18-13(19)12-10(15)5-3-6-11(12)16/h3,5-6H,4,7-9,17H2,1-2H3,(H,18,19). The molecule has 0 saturated carbocycles. The second kappa shape index (κ2) is 6.61. The van der Waals surface area contributed by atoms with E-state index in [0.29, 0.717) is 13.1 Å². The van der Waals surface area contributed by atoms with Crippen molar-refractivity contribution in [3.8, 4) is 0 Å². The Bertz CT molecular complexity index is 427. The highest BCUT2D eigenvalue weighted by atomic mass is 19.1. The maximum absolute atomic E-state index is 13.4. The molecule has 1 amide bonds. The maximum atomic E-state index is 13.4. The van der Waals surface area contributed by atoms with E-state index in [0.717, 1.165) is 25.0 Å². The summed E-state index contributed by atoms with van der Waals surface area (Å²) in [5.41, 5.74) is 4.75. The SMILES string of the molecule is CC(C)(CCCN)CNC(=O)c1c(F)cccc1F. The second-order valence-corrected chi connectivity index (χ2v) is 5.34. The van der Waals surface area contributed by atoms with Gasteiger partial charge >= 0.3 is 0 Å². The van der Waals surface area contributed by atoms with Gasteiger partial charge in [-0.15, -0.1) is 0 Å². The Hall–Kier alpha value is -1.49. The zero-order chi connectivity index (χ0) is 14.5. The van der Waals surface area contributed by atoms with E-state index in [-0.39, 0.29) is 5.41 Å². The molecule has 3 nitrogen and oxygen atoms in total. The molecule has 0 aliphatic rings. The summed E-state index contributed by atoms with van der Waals surface area (Å²) in [5, 5.41) is 2.57. The highest BCUT2D eigenvalue weighted by Gasteiger charge is 2.21. The summed E-state index contributed by atoms with van der Waals surface area (Å²) in [6, 6.07) is 3.36. The highest BCUT2D eigenvalue weighted by Crippen LogP contribution is 2.21. The van der Waals surface area contributed by atoms with Gasteiger partial charge in [0.2, 0.25) is 0 Å². The van der Waals surface area contributed by atoms with E-state index in [1.165, 1.54) is 6.07 Å². The fourth-order valence-corrected chi connectivity index (χ4v) is 1.79. The van der Waals surface area contributed by atoms with E-state index in [2.05, 4.69) is 5.32 Å². The minimum atomic E-state index is -0.850. The third-order valence-electron chi connectivity index (χ3n) is 2.98. The summed E-state index contributed by atoms with van der Waals surface area (Å²) < 4.78 is 26.8. The van der Waals surface area contributed by atoms with Crippen molar-refractivity contribution in [1.82, 2.24) is 5.32 Å². The molecule has 0 saturated heterocycles. The van der Waals surface area contributed by atoms with E-state index < -0.39 is 23.1 Å².